The topological polar surface area (TPSA) is 0 Å². The molecular formula is C10H10. The summed E-state index contributed by atoms with van der Waals surface area (Å²) in [5, 5.41) is 0. The van der Waals surface area contributed by atoms with Crippen molar-refractivity contribution in [2.75, 3.05) is 0 Å². The van der Waals surface area contributed by atoms with Crippen molar-refractivity contribution < 1.29 is 0 Å². The lowest BCUT2D eigenvalue weighted by Gasteiger charge is -2.26. The van der Waals surface area contributed by atoms with Gasteiger partial charge in [0.2, 0.25) is 0 Å². The maximum absolute atomic E-state index is 3.78. The molecule has 50 valence electrons. The average molecular weight is 130 g/mol. The lowest BCUT2D eigenvalue weighted by molar-refractivity contribution is 0.734. The molecular weight excluding hydrogens is 120 g/mol. The second-order valence-electron chi connectivity index (χ2n) is 2.75. The molecule has 2 rings (SSSR count). The zero-order chi connectivity index (χ0) is 6.97. The van der Waals surface area contributed by atoms with Gasteiger partial charge in [-0.3, -0.25) is 0 Å². The predicted molar refractivity (Wildman–Crippen MR) is 43.1 cm³/mol. The molecule has 0 saturated carbocycles. The smallest absolute Gasteiger partial charge is 0.00585 e. The number of hydrogen-bond acceptors (Lipinski definition) is 0. The van der Waals surface area contributed by atoms with Gasteiger partial charge in [-0.05, 0) is 17.5 Å². The Hall–Kier alpha value is -1.04. The fourth-order valence-corrected chi connectivity index (χ4v) is 1.51. The van der Waals surface area contributed by atoms with Gasteiger partial charge in [0.15, 0.2) is 0 Å². The summed E-state index contributed by atoms with van der Waals surface area (Å²) in [5.74, 6) is 0.635. The van der Waals surface area contributed by atoms with Gasteiger partial charge >= 0.3 is 0 Å². The van der Waals surface area contributed by atoms with Crippen LogP contribution in [0, 0.1) is 0 Å². The van der Waals surface area contributed by atoms with Gasteiger partial charge in [-0.2, -0.15) is 0 Å². The SMILES string of the molecule is C=C[C@@H]1Cc2ccccc21. The predicted octanol–water partition coefficient (Wildman–Crippen LogP) is 2.51. The summed E-state index contributed by atoms with van der Waals surface area (Å²) < 4.78 is 0. The third kappa shape index (κ3) is 0.621. The Morgan fingerprint density at radius 1 is 1.40 bits per heavy atom. The van der Waals surface area contributed by atoms with Crippen LogP contribution in [0.15, 0.2) is 36.9 Å². The van der Waals surface area contributed by atoms with Crippen LogP contribution >= 0.6 is 0 Å². The molecule has 1 aromatic carbocycles. The molecule has 0 nitrogen and oxygen atoms in total. The fraction of sp³-hybridized carbons (Fsp3) is 0.200. The number of fused-ring (bicyclic) bond motifs is 1. The maximum Gasteiger partial charge on any atom is 0.00585 e. The van der Waals surface area contributed by atoms with Crippen LogP contribution in [-0.4, -0.2) is 0 Å². The highest BCUT2D eigenvalue weighted by atomic mass is 14.2. The molecule has 0 unspecified atom stereocenters. The van der Waals surface area contributed by atoms with Gasteiger partial charge in [0.25, 0.3) is 0 Å². The molecule has 0 amide bonds. The van der Waals surface area contributed by atoms with Gasteiger partial charge in [0.05, 0.1) is 0 Å². The van der Waals surface area contributed by atoms with Crippen molar-refractivity contribution in [1.29, 1.82) is 0 Å². The van der Waals surface area contributed by atoms with E-state index in [2.05, 4.69) is 30.8 Å². The molecule has 0 bridgehead atoms. The van der Waals surface area contributed by atoms with E-state index in [4.69, 9.17) is 0 Å². The highest BCUT2D eigenvalue weighted by Crippen LogP contribution is 2.34. The quantitative estimate of drug-likeness (QED) is 0.512. The molecule has 0 saturated heterocycles. The molecule has 1 aliphatic rings. The summed E-state index contributed by atoms with van der Waals surface area (Å²) in [6.45, 7) is 3.78. The van der Waals surface area contributed by atoms with Crippen molar-refractivity contribution >= 4 is 0 Å². The van der Waals surface area contributed by atoms with Crippen molar-refractivity contribution in [3.8, 4) is 0 Å². The van der Waals surface area contributed by atoms with Gasteiger partial charge in [-0.15, -0.1) is 6.58 Å². The Bertz CT molecular complexity index is 260. The number of rotatable bonds is 1. The first-order chi connectivity index (χ1) is 4.92. The van der Waals surface area contributed by atoms with E-state index in [1.165, 1.54) is 17.5 Å². The number of hydrogen-bond donors (Lipinski definition) is 0. The van der Waals surface area contributed by atoms with Crippen LogP contribution in [-0.2, 0) is 6.42 Å². The standard InChI is InChI=1S/C10H10/c1-2-8-7-9-5-3-4-6-10(8)9/h2-6,8H,1,7H2/t8-/m1/s1. The van der Waals surface area contributed by atoms with E-state index in [9.17, 15) is 0 Å². The van der Waals surface area contributed by atoms with Crippen LogP contribution in [0.25, 0.3) is 0 Å². The minimum atomic E-state index is 0.635. The first-order valence-corrected chi connectivity index (χ1v) is 3.62. The first-order valence-electron chi connectivity index (χ1n) is 3.62. The lowest BCUT2D eigenvalue weighted by atomic mass is 9.78. The van der Waals surface area contributed by atoms with Crippen LogP contribution in [0.4, 0.5) is 0 Å². The van der Waals surface area contributed by atoms with Crippen molar-refractivity contribution in [2.24, 2.45) is 0 Å². The third-order valence-electron chi connectivity index (χ3n) is 2.18. The fourth-order valence-electron chi connectivity index (χ4n) is 1.51. The van der Waals surface area contributed by atoms with Crippen molar-refractivity contribution in [2.45, 2.75) is 12.3 Å². The zero-order valence-electron chi connectivity index (χ0n) is 5.88. The molecule has 0 fully saturated rings. The molecule has 1 aliphatic carbocycles. The van der Waals surface area contributed by atoms with Crippen molar-refractivity contribution in [3.63, 3.8) is 0 Å². The van der Waals surface area contributed by atoms with E-state index in [0.717, 1.165) is 0 Å². The molecule has 0 radical (unpaired) electrons. The zero-order valence-corrected chi connectivity index (χ0v) is 5.88. The third-order valence-corrected chi connectivity index (χ3v) is 2.18. The van der Waals surface area contributed by atoms with Crippen LogP contribution < -0.4 is 0 Å². The summed E-state index contributed by atoms with van der Waals surface area (Å²) in [4.78, 5) is 0. The molecule has 0 heterocycles. The minimum absolute atomic E-state index is 0.635. The monoisotopic (exact) mass is 130 g/mol. The largest absolute Gasteiger partial charge is 0.102 e. The molecule has 0 heteroatoms. The summed E-state index contributed by atoms with van der Waals surface area (Å²) in [7, 11) is 0. The van der Waals surface area contributed by atoms with E-state index >= 15 is 0 Å². The van der Waals surface area contributed by atoms with Gasteiger partial charge in [0.1, 0.15) is 0 Å². The van der Waals surface area contributed by atoms with E-state index in [0.29, 0.717) is 5.92 Å². The average Bonchev–Trinajstić information content (AvgIpc) is 1.92. The van der Waals surface area contributed by atoms with Gasteiger partial charge < -0.3 is 0 Å². The van der Waals surface area contributed by atoms with Crippen molar-refractivity contribution in [3.05, 3.63) is 48.0 Å². The summed E-state index contributed by atoms with van der Waals surface area (Å²) >= 11 is 0. The molecule has 0 aliphatic heterocycles. The molecule has 10 heavy (non-hydrogen) atoms. The van der Waals surface area contributed by atoms with Gasteiger partial charge in [-0.25, -0.2) is 0 Å². The van der Waals surface area contributed by atoms with E-state index < -0.39 is 0 Å². The second-order valence-corrected chi connectivity index (χ2v) is 2.75. The van der Waals surface area contributed by atoms with Gasteiger partial charge in [-0.1, -0.05) is 30.3 Å². The van der Waals surface area contributed by atoms with Crippen molar-refractivity contribution in [1.82, 2.24) is 0 Å². The minimum Gasteiger partial charge on any atom is -0.102 e. The van der Waals surface area contributed by atoms with E-state index in [-0.39, 0.29) is 0 Å². The second kappa shape index (κ2) is 1.98. The molecule has 1 aromatic rings. The highest BCUT2D eigenvalue weighted by Gasteiger charge is 2.21. The summed E-state index contributed by atoms with van der Waals surface area (Å²) in [6, 6.07) is 8.56. The molecule has 0 aromatic heterocycles. The van der Waals surface area contributed by atoms with Crippen LogP contribution in [0.1, 0.15) is 17.0 Å². The Morgan fingerprint density at radius 3 is 2.90 bits per heavy atom. The summed E-state index contributed by atoms with van der Waals surface area (Å²) in [5.41, 5.74) is 2.96. The van der Waals surface area contributed by atoms with E-state index in [1.54, 1.807) is 0 Å². The molecule has 1 atom stereocenters. The van der Waals surface area contributed by atoms with Crippen LogP contribution in [0.2, 0.25) is 0 Å². The Labute approximate surface area is 61.2 Å². The Balaban J connectivity index is 2.42. The molecule has 0 spiro atoms. The Kier molecular flexibility index (Phi) is 1.13. The van der Waals surface area contributed by atoms with E-state index in [1.807, 2.05) is 6.08 Å². The van der Waals surface area contributed by atoms with Crippen LogP contribution in [0.5, 0.6) is 0 Å². The summed E-state index contributed by atoms with van der Waals surface area (Å²) in [6.07, 6.45) is 3.22. The normalized spacial score (nSPS) is 21.0. The first kappa shape index (κ1) is 5.72. The molecule has 0 N–H and O–H groups in total. The number of benzene rings is 1. The van der Waals surface area contributed by atoms with Gasteiger partial charge in [0, 0.05) is 5.92 Å². The number of allylic oxidation sites excluding steroid dienone is 1. The lowest BCUT2D eigenvalue weighted by Crippen LogP contribution is -2.13. The Morgan fingerprint density at radius 2 is 2.20 bits per heavy atom. The highest BCUT2D eigenvalue weighted by molar-refractivity contribution is 5.42. The maximum atomic E-state index is 3.78. The van der Waals surface area contributed by atoms with Crippen LogP contribution in [0.3, 0.4) is 0 Å².